The molecule has 0 aliphatic heterocycles. The van der Waals surface area contributed by atoms with Gasteiger partial charge < -0.3 is 5.73 Å². The van der Waals surface area contributed by atoms with Gasteiger partial charge in [0.2, 0.25) is 0 Å². The molecule has 0 unspecified atom stereocenters. The second-order valence-electron chi connectivity index (χ2n) is 3.48. The van der Waals surface area contributed by atoms with Gasteiger partial charge in [0.1, 0.15) is 5.84 Å². The molecule has 2 nitrogen and oxygen atoms in total. The third kappa shape index (κ3) is 4.52. The summed E-state index contributed by atoms with van der Waals surface area (Å²) < 4.78 is 1.03. The third-order valence-electron chi connectivity index (χ3n) is 2.19. The Morgan fingerprint density at radius 2 is 2.22 bits per heavy atom. The van der Waals surface area contributed by atoms with Gasteiger partial charge in [0, 0.05) is 14.9 Å². The van der Waals surface area contributed by atoms with Crippen molar-refractivity contribution in [1.29, 1.82) is 0 Å². The van der Waals surface area contributed by atoms with E-state index in [1.54, 1.807) is 6.08 Å². The van der Waals surface area contributed by atoms with Crippen LogP contribution in [-0.4, -0.2) is 12.1 Å². The maximum Gasteiger partial charge on any atom is 0.137 e. The summed E-state index contributed by atoms with van der Waals surface area (Å²) in [5, 5.41) is 0. The van der Waals surface area contributed by atoms with E-state index in [1.807, 2.05) is 37.5 Å². The Balaban J connectivity index is 3.07. The summed E-state index contributed by atoms with van der Waals surface area (Å²) in [6.07, 6.45) is 5.51. The van der Waals surface area contributed by atoms with E-state index in [9.17, 15) is 0 Å². The Bertz CT molecular complexity index is 510. The quantitative estimate of drug-likeness (QED) is 0.486. The first kappa shape index (κ1) is 15.3. The Morgan fingerprint density at radius 3 is 2.78 bits per heavy atom. The van der Waals surface area contributed by atoms with Crippen LogP contribution in [0, 0.1) is 6.92 Å². The summed E-state index contributed by atoms with van der Waals surface area (Å²) in [5.74, 6) is 0.489. The van der Waals surface area contributed by atoms with Gasteiger partial charge in [-0.25, -0.2) is 4.99 Å². The summed E-state index contributed by atoms with van der Waals surface area (Å²) in [7, 11) is 0. The van der Waals surface area contributed by atoms with Crippen LogP contribution in [-0.2, 0) is 0 Å². The van der Waals surface area contributed by atoms with E-state index in [0.29, 0.717) is 5.84 Å². The molecule has 5 heteroatoms. The molecular formula is C13H14BrClN2S. The average molecular weight is 346 g/mol. The number of hydrogen-bond donors (Lipinski definition) is 1. The summed E-state index contributed by atoms with van der Waals surface area (Å²) >= 11 is 10.4. The van der Waals surface area contributed by atoms with Gasteiger partial charge in [-0.15, -0.1) is 11.8 Å². The van der Waals surface area contributed by atoms with Gasteiger partial charge in [0.05, 0.1) is 5.69 Å². The highest BCUT2D eigenvalue weighted by Crippen LogP contribution is 2.24. The normalized spacial score (nSPS) is 13.3. The Morgan fingerprint density at radius 1 is 1.50 bits per heavy atom. The highest BCUT2D eigenvalue weighted by Gasteiger charge is 2.03. The number of rotatable bonds is 4. The summed E-state index contributed by atoms with van der Waals surface area (Å²) in [5.41, 5.74) is 9.36. The number of benzene rings is 1. The van der Waals surface area contributed by atoms with E-state index in [1.165, 1.54) is 17.3 Å². The third-order valence-corrected chi connectivity index (χ3v) is 3.62. The highest BCUT2D eigenvalue weighted by atomic mass is 79.9. The van der Waals surface area contributed by atoms with E-state index in [0.717, 1.165) is 20.6 Å². The Labute approximate surface area is 125 Å². The number of nitrogens with zero attached hydrogens (tertiary/aromatic N) is 1. The van der Waals surface area contributed by atoms with Crippen LogP contribution in [0.2, 0.25) is 0 Å². The molecule has 1 rings (SSSR count). The highest BCUT2D eigenvalue weighted by molar-refractivity contribution is 9.10. The lowest BCUT2D eigenvalue weighted by Gasteiger charge is -2.05. The summed E-state index contributed by atoms with van der Waals surface area (Å²) in [6.45, 7) is 2.00. The fourth-order valence-corrected chi connectivity index (χ4v) is 2.33. The number of thioether (sulfide) groups is 1. The van der Waals surface area contributed by atoms with Crippen LogP contribution in [0.5, 0.6) is 0 Å². The van der Waals surface area contributed by atoms with Crippen molar-refractivity contribution in [2.45, 2.75) is 6.92 Å². The molecule has 0 fully saturated rings. The van der Waals surface area contributed by atoms with Gasteiger partial charge in [-0.3, -0.25) is 0 Å². The van der Waals surface area contributed by atoms with Crippen molar-refractivity contribution >= 4 is 50.8 Å². The van der Waals surface area contributed by atoms with Gasteiger partial charge in [-0.2, -0.15) is 0 Å². The van der Waals surface area contributed by atoms with Crippen LogP contribution in [0.1, 0.15) is 5.56 Å². The molecule has 0 bridgehead atoms. The van der Waals surface area contributed by atoms with Crippen LogP contribution >= 0.6 is 39.3 Å². The lowest BCUT2D eigenvalue weighted by molar-refractivity contribution is 1.37. The minimum absolute atomic E-state index is 0.489. The minimum atomic E-state index is 0.489. The van der Waals surface area contributed by atoms with Crippen LogP contribution in [0.3, 0.4) is 0 Å². The molecule has 0 atom stereocenters. The molecule has 0 aliphatic rings. The molecule has 1 aromatic carbocycles. The SMILES string of the molecule is CS/C(=C\C=C\Cl)C(N)=Nc1ccc(Br)cc1C. The molecule has 2 N–H and O–H groups in total. The zero-order valence-corrected chi connectivity index (χ0v) is 13.3. The maximum atomic E-state index is 5.98. The van der Waals surface area contributed by atoms with E-state index < -0.39 is 0 Å². The zero-order valence-electron chi connectivity index (χ0n) is 10.2. The standard InChI is InChI=1S/C13H14BrClN2S/c1-9-8-10(14)5-6-11(9)17-13(16)12(18-2)4-3-7-15/h3-8H,1-2H3,(H2,16,17)/b7-3+,12-4-. The summed E-state index contributed by atoms with van der Waals surface area (Å²) in [6, 6.07) is 5.88. The molecule has 0 saturated carbocycles. The second-order valence-corrected chi connectivity index (χ2v) is 5.50. The lowest BCUT2D eigenvalue weighted by atomic mass is 10.2. The van der Waals surface area contributed by atoms with Gasteiger partial charge in [0.25, 0.3) is 0 Å². The molecular weight excluding hydrogens is 332 g/mol. The molecule has 96 valence electrons. The van der Waals surface area contributed by atoms with Gasteiger partial charge in [0.15, 0.2) is 0 Å². The first-order valence-corrected chi connectivity index (χ1v) is 7.65. The molecule has 0 spiro atoms. The number of aliphatic imine (C=N–C) groups is 1. The molecule has 0 amide bonds. The molecule has 0 radical (unpaired) electrons. The Hall–Kier alpha value is -0.710. The predicted molar refractivity (Wildman–Crippen MR) is 86.8 cm³/mol. The predicted octanol–water partition coefficient (Wildman–Crippen LogP) is 4.75. The minimum Gasteiger partial charge on any atom is -0.383 e. The topological polar surface area (TPSA) is 38.4 Å². The smallest absolute Gasteiger partial charge is 0.137 e. The first-order chi connectivity index (χ1) is 8.58. The second kappa shape index (κ2) is 7.67. The van der Waals surface area contributed by atoms with Crippen LogP contribution in [0.25, 0.3) is 0 Å². The fraction of sp³-hybridized carbons (Fsp3) is 0.154. The van der Waals surface area contributed by atoms with Crippen molar-refractivity contribution in [3.05, 3.63) is 50.8 Å². The molecule has 0 aromatic heterocycles. The molecule has 0 heterocycles. The van der Waals surface area contributed by atoms with Gasteiger partial charge in [-0.1, -0.05) is 27.5 Å². The van der Waals surface area contributed by atoms with E-state index in [-0.39, 0.29) is 0 Å². The van der Waals surface area contributed by atoms with E-state index >= 15 is 0 Å². The van der Waals surface area contributed by atoms with E-state index in [4.69, 9.17) is 17.3 Å². The number of halogens is 2. The molecule has 0 saturated heterocycles. The molecule has 18 heavy (non-hydrogen) atoms. The van der Waals surface area contributed by atoms with E-state index in [2.05, 4.69) is 20.9 Å². The monoisotopic (exact) mass is 344 g/mol. The van der Waals surface area contributed by atoms with Crippen molar-refractivity contribution < 1.29 is 0 Å². The first-order valence-electron chi connectivity index (χ1n) is 5.20. The van der Waals surface area contributed by atoms with Crippen molar-refractivity contribution in [2.75, 3.05) is 6.26 Å². The number of nitrogens with two attached hydrogens (primary N) is 1. The van der Waals surface area contributed by atoms with Crippen molar-refractivity contribution in [3.8, 4) is 0 Å². The van der Waals surface area contributed by atoms with Crippen molar-refractivity contribution in [1.82, 2.24) is 0 Å². The van der Waals surface area contributed by atoms with Crippen LogP contribution in [0.4, 0.5) is 5.69 Å². The lowest BCUT2D eigenvalue weighted by Crippen LogP contribution is -2.12. The number of hydrogen-bond acceptors (Lipinski definition) is 2. The molecule has 1 aromatic rings. The van der Waals surface area contributed by atoms with Crippen LogP contribution in [0.15, 0.2) is 50.3 Å². The van der Waals surface area contributed by atoms with Crippen molar-refractivity contribution in [2.24, 2.45) is 10.7 Å². The fourth-order valence-electron chi connectivity index (χ4n) is 1.31. The largest absolute Gasteiger partial charge is 0.383 e. The van der Waals surface area contributed by atoms with Gasteiger partial charge in [-0.05, 0) is 49.1 Å². The van der Waals surface area contributed by atoms with Crippen molar-refractivity contribution in [3.63, 3.8) is 0 Å². The summed E-state index contributed by atoms with van der Waals surface area (Å²) in [4.78, 5) is 5.31. The molecule has 0 aliphatic carbocycles. The maximum absolute atomic E-state index is 5.98. The zero-order chi connectivity index (χ0) is 13.5. The number of aryl methyl sites for hydroxylation is 1. The Kier molecular flexibility index (Phi) is 6.54. The number of allylic oxidation sites excluding steroid dienone is 2. The van der Waals surface area contributed by atoms with Gasteiger partial charge >= 0.3 is 0 Å². The number of amidine groups is 1. The average Bonchev–Trinajstić information content (AvgIpc) is 2.34. The van der Waals surface area contributed by atoms with Crippen LogP contribution < -0.4 is 5.73 Å².